The smallest absolute Gasteiger partial charge is 0.259 e. The Morgan fingerprint density at radius 1 is 0.296 bits per heavy atom. The molecule has 0 N–H and O–H groups in total. The minimum Gasteiger partial charge on any atom is -0.306 e. The molecule has 0 saturated heterocycles. The van der Waals surface area contributed by atoms with E-state index >= 15 is 18.4 Å². The molecule has 0 bridgehead atoms. The van der Waals surface area contributed by atoms with Crippen LogP contribution < -0.4 is 11.1 Å². The molecule has 0 aliphatic rings. The maximum absolute atomic E-state index is 16.7. The summed E-state index contributed by atoms with van der Waals surface area (Å²) in [4.78, 5) is 40.5. The average Bonchev–Trinajstić information content (AvgIpc) is 1.31. The van der Waals surface area contributed by atoms with Gasteiger partial charge in [0.2, 0.25) is 0 Å². The van der Waals surface area contributed by atoms with Crippen molar-refractivity contribution >= 4 is 56.4 Å². The Labute approximate surface area is 674 Å². The van der Waals surface area contributed by atoms with Crippen LogP contribution in [-0.4, -0.2) is 9.13 Å². The number of hydrogen-bond acceptors (Lipinski definition) is 6. The molecule has 0 aliphatic carbocycles. The normalized spacial score (nSPS) is 12.5. The summed E-state index contributed by atoms with van der Waals surface area (Å²) in [7, 11) is 0. The lowest BCUT2D eigenvalue weighted by Gasteiger charge is -2.18. The molecule has 7 aromatic rings. The highest BCUT2D eigenvalue weighted by Crippen LogP contribution is 2.46. The molecule has 0 spiro atoms. The lowest BCUT2D eigenvalue weighted by molar-refractivity contribution is 0.399. The molecule has 0 radical (unpaired) electrons. The predicted molar refractivity (Wildman–Crippen MR) is 478 cm³/mol. The van der Waals surface area contributed by atoms with Gasteiger partial charge in [0.05, 0.1) is 22.2 Å². The van der Waals surface area contributed by atoms with Crippen molar-refractivity contribution in [2.75, 3.05) is 0 Å². The fourth-order valence-corrected chi connectivity index (χ4v) is 21.4. The Bertz CT molecular complexity index is 3650. The highest BCUT2D eigenvalue weighted by atomic mass is 32.1. The van der Waals surface area contributed by atoms with Gasteiger partial charge in [0.15, 0.2) is 0 Å². The van der Waals surface area contributed by atoms with Gasteiger partial charge in [0.25, 0.3) is 11.1 Å². The summed E-state index contributed by atoms with van der Waals surface area (Å²) in [6, 6.07) is 19.9. The van der Waals surface area contributed by atoms with E-state index in [4.69, 9.17) is 0 Å². The minimum absolute atomic E-state index is 0.0187. The van der Waals surface area contributed by atoms with Crippen molar-refractivity contribution in [3.05, 3.63) is 114 Å². The molecule has 0 amide bonds. The first-order chi connectivity index (χ1) is 53.0. The van der Waals surface area contributed by atoms with Crippen LogP contribution in [0.1, 0.15) is 410 Å². The number of halogens is 2. The Balaban J connectivity index is 1.32. The van der Waals surface area contributed by atoms with Gasteiger partial charge in [-0.2, -0.15) is 0 Å². The predicted octanol–water partition coefficient (Wildman–Crippen LogP) is 33.9. The second-order valence-electron chi connectivity index (χ2n) is 32.9. The van der Waals surface area contributed by atoms with E-state index in [1.807, 2.05) is 29.5 Å². The molecule has 4 nitrogen and oxygen atoms in total. The number of thiophene rings is 4. The van der Waals surface area contributed by atoms with Crippen molar-refractivity contribution in [2.45, 2.75) is 428 Å². The Hall–Kier alpha value is -3.96. The van der Waals surface area contributed by atoms with Crippen LogP contribution in [0.5, 0.6) is 0 Å². The number of hydrogen-bond donors (Lipinski definition) is 0. The topological polar surface area (TPSA) is 44.0 Å². The maximum Gasteiger partial charge on any atom is 0.259 e. The first-order valence-corrected chi connectivity index (χ1v) is 49.0. The number of unbranched alkanes of at least 4 members (excludes halogenated alkanes) is 42. The van der Waals surface area contributed by atoms with Crippen molar-refractivity contribution in [3.8, 4) is 51.5 Å². The molecule has 6 heterocycles. The van der Waals surface area contributed by atoms with Crippen molar-refractivity contribution in [1.82, 2.24) is 9.13 Å². The van der Waals surface area contributed by atoms with E-state index in [2.05, 4.69) is 94.9 Å². The standard InChI is InChI=1S/C98H152F2N2O2S4/c1-9-17-23-29-35-39-41-45-49-54-60-77(59-53-47-43-37-31-25-19-11-3)69-79-71-94(106-90(79)16-8)84-75-88-89(101(97(84)103)67-57-51-33-27-21-13-5)76-85(98(104)102(88)68-58-52-34-28-22-14-6)95-72-80(70-78(61-55-48-44-38-32-26-20-12-4)62-56-50-46-42-40-36-30-24-18-10-2)96(108-95)93-66-65-92(107-93)83-74-86(99)82(73-87(83)100)91-64-63-81(15-7)105-91/h63-66,71-78H,9-62,67-70H2,1-8H3. The molecule has 0 aliphatic heterocycles. The van der Waals surface area contributed by atoms with E-state index < -0.39 is 11.6 Å². The molecule has 2 atom stereocenters. The number of fused-ring (bicyclic) bond motifs is 1. The molecule has 0 fully saturated rings. The van der Waals surface area contributed by atoms with E-state index in [9.17, 15) is 0 Å². The number of rotatable bonds is 65. The number of nitrogens with zero attached hydrogens (tertiary/aromatic N) is 2. The molecule has 6 aromatic heterocycles. The average molecular weight is 1560 g/mol. The van der Waals surface area contributed by atoms with Crippen LogP contribution in [0.4, 0.5) is 8.78 Å². The van der Waals surface area contributed by atoms with Gasteiger partial charge < -0.3 is 9.13 Å². The van der Waals surface area contributed by atoms with Crippen molar-refractivity contribution in [2.24, 2.45) is 11.8 Å². The highest BCUT2D eigenvalue weighted by Gasteiger charge is 2.26. The van der Waals surface area contributed by atoms with E-state index in [0.717, 1.165) is 110 Å². The summed E-state index contributed by atoms with van der Waals surface area (Å²) >= 11 is 6.61. The third kappa shape index (κ3) is 31.4. The van der Waals surface area contributed by atoms with Crippen LogP contribution in [0.15, 0.2) is 70.3 Å². The molecule has 604 valence electrons. The SMILES string of the molecule is CCCCCCCCCCCCC(CCCCCCCCCC)Cc1cc(-c2cc3c(cc(-c4cc(CC(CCCCCCCCCC)CCCCCCCCCCCC)c(-c5ccc(-c6cc(F)c(-c7ccc(CC)s7)cc6F)s5)s4)c(=O)n3CCCCCCCC)n(CCCCCCCC)c2=O)sc1CC. The maximum atomic E-state index is 16.7. The number of aryl methyl sites for hydroxylation is 4. The summed E-state index contributed by atoms with van der Waals surface area (Å²) in [5.41, 5.74) is 6.53. The van der Waals surface area contributed by atoms with Crippen LogP contribution >= 0.6 is 45.3 Å². The van der Waals surface area contributed by atoms with Crippen LogP contribution in [-0.2, 0) is 38.8 Å². The first-order valence-electron chi connectivity index (χ1n) is 45.8. The molecular weight excluding hydrogens is 1400 g/mol. The third-order valence-electron chi connectivity index (χ3n) is 23.7. The first kappa shape index (κ1) is 91.2. The lowest BCUT2D eigenvalue weighted by Crippen LogP contribution is -2.28. The second kappa shape index (κ2) is 54.7. The van der Waals surface area contributed by atoms with Gasteiger partial charge in [-0.15, -0.1) is 45.3 Å². The number of benzene rings is 1. The molecule has 2 unspecified atom stereocenters. The van der Waals surface area contributed by atoms with E-state index in [0.29, 0.717) is 40.9 Å². The van der Waals surface area contributed by atoms with Gasteiger partial charge in [-0.1, -0.05) is 376 Å². The summed E-state index contributed by atoms with van der Waals surface area (Å²) in [6.45, 7) is 19.4. The monoisotopic (exact) mass is 1560 g/mol. The Morgan fingerprint density at radius 3 is 0.972 bits per heavy atom. The highest BCUT2D eigenvalue weighted by molar-refractivity contribution is 7.25. The molecule has 10 heteroatoms. The molecule has 1 aromatic carbocycles. The van der Waals surface area contributed by atoms with Gasteiger partial charge in [-0.25, -0.2) is 8.78 Å². The quantitative estimate of drug-likeness (QED) is 0.0357. The summed E-state index contributed by atoms with van der Waals surface area (Å²) in [6.07, 6.45) is 69.9. The van der Waals surface area contributed by atoms with Crippen LogP contribution in [0, 0.1) is 23.5 Å². The fraction of sp³-hybridized carbons (Fsp3) is 0.694. The van der Waals surface area contributed by atoms with Gasteiger partial charge in [-0.3, -0.25) is 9.59 Å². The van der Waals surface area contributed by atoms with Crippen LogP contribution in [0.25, 0.3) is 62.6 Å². The second-order valence-corrected chi connectivity index (χ2v) is 37.4. The summed E-state index contributed by atoms with van der Waals surface area (Å²) in [5.74, 6) is 0.276. The van der Waals surface area contributed by atoms with Gasteiger partial charge in [0.1, 0.15) is 11.6 Å². The van der Waals surface area contributed by atoms with Crippen LogP contribution in [0.3, 0.4) is 0 Å². The zero-order valence-electron chi connectivity index (χ0n) is 70.0. The van der Waals surface area contributed by atoms with E-state index in [1.165, 1.54) is 346 Å². The third-order valence-corrected chi connectivity index (χ3v) is 28.8. The summed E-state index contributed by atoms with van der Waals surface area (Å²) in [5, 5.41) is 0. The molecule has 108 heavy (non-hydrogen) atoms. The van der Waals surface area contributed by atoms with Gasteiger partial charge in [0, 0.05) is 63.2 Å². The van der Waals surface area contributed by atoms with Gasteiger partial charge >= 0.3 is 0 Å². The lowest BCUT2D eigenvalue weighted by atomic mass is 9.88. The van der Waals surface area contributed by atoms with Crippen molar-refractivity contribution < 1.29 is 8.78 Å². The zero-order chi connectivity index (χ0) is 76.8. The van der Waals surface area contributed by atoms with Crippen LogP contribution in [0.2, 0.25) is 0 Å². The molecular formula is C98H152F2N2O2S4. The minimum atomic E-state index is -0.421. The molecule has 0 saturated carbocycles. The van der Waals surface area contributed by atoms with Crippen molar-refractivity contribution in [1.29, 1.82) is 0 Å². The number of aromatic nitrogens is 2. The Morgan fingerprint density at radius 2 is 0.611 bits per heavy atom. The molecule has 7 rings (SSSR count). The van der Waals surface area contributed by atoms with E-state index in [-0.39, 0.29) is 16.7 Å². The van der Waals surface area contributed by atoms with Gasteiger partial charge in [-0.05, 0) is 122 Å². The van der Waals surface area contributed by atoms with Crippen molar-refractivity contribution in [3.63, 3.8) is 0 Å². The fourth-order valence-electron chi connectivity index (χ4n) is 16.9. The number of pyridine rings is 2. The largest absolute Gasteiger partial charge is 0.306 e. The summed E-state index contributed by atoms with van der Waals surface area (Å²) < 4.78 is 37.3. The zero-order valence-corrected chi connectivity index (χ0v) is 73.3. The Kier molecular flexibility index (Phi) is 46.2. The van der Waals surface area contributed by atoms with E-state index in [1.54, 1.807) is 11.3 Å².